The van der Waals surface area contributed by atoms with Crippen LogP contribution in [0.5, 0.6) is 0 Å². The lowest BCUT2D eigenvalue weighted by atomic mass is 10.3. The molecule has 0 spiro atoms. The molecule has 0 atom stereocenters. The van der Waals surface area contributed by atoms with Gasteiger partial charge in [0.2, 0.25) is 12.4 Å². The van der Waals surface area contributed by atoms with Gasteiger partial charge in [-0.15, -0.1) is 0 Å². The van der Waals surface area contributed by atoms with Crippen LogP contribution < -0.4 is 10.5 Å². The van der Waals surface area contributed by atoms with Crippen molar-refractivity contribution in [2.45, 2.75) is 6.92 Å². The van der Waals surface area contributed by atoms with Crippen LogP contribution in [-0.2, 0) is 0 Å². The van der Waals surface area contributed by atoms with Crippen LogP contribution in [-0.4, -0.2) is 0 Å². The first-order valence-corrected chi connectivity index (χ1v) is 2.62. The van der Waals surface area contributed by atoms with Gasteiger partial charge >= 0.3 is 0 Å². The Bertz CT molecular complexity index is 172. The third-order valence-corrected chi connectivity index (χ3v) is 0.991. The number of halogens is 1. The van der Waals surface area contributed by atoms with E-state index in [0.29, 0.717) is 0 Å². The van der Waals surface area contributed by atoms with Crippen LogP contribution in [0.1, 0.15) is 5.56 Å². The van der Waals surface area contributed by atoms with E-state index < -0.39 is 0 Å². The lowest BCUT2D eigenvalue weighted by Crippen LogP contribution is -2.44. The van der Waals surface area contributed by atoms with Gasteiger partial charge in [-0.2, -0.15) is 0 Å². The normalized spacial score (nSPS) is 9.56. The van der Waals surface area contributed by atoms with Gasteiger partial charge in [-0.25, -0.2) is 10.2 Å². The summed E-state index contributed by atoms with van der Waals surface area (Å²) in [6.45, 7) is 1.78. The summed E-state index contributed by atoms with van der Waals surface area (Å²) in [7, 11) is 0. The summed E-state index contributed by atoms with van der Waals surface area (Å²) in [4.78, 5) is 0. The van der Waals surface area contributed by atoms with Crippen molar-refractivity contribution >= 4 is 0 Å². The van der Waals surface area contributed by atoms with Gasteiger partial charge in [-0.05, 0) is 13.0 Å². The third kappa shape index (κ3) is 1.38. The average molecular weight is 127 g/mol. The largest absolute Gasteiger partial charge is 0.234 e. The first kappa shape index (κ1) is 6.01. The van der Waals surface area contributed by atoms with E-state index in [1.54, 1.807) is 13.1 Å². The van der Waals surface area contributed by atoms with Crippen molar-refractivity contribution in [2.75, 3.05) is 5.84 Å². The zero-order chi connectivity index (χ0) is 6.85. The molecule has 0 bridgehead atoms. The number of hydrogen-bond donors (Lipinski definition) is 1. The van der Waals surface area contributed by atoms with Crippen LogP contribution in [0.4, 0.5) is 4.39 Å². The standard InChI is InChI=1S/C6H8FN2/c1-5-2-6(7)4-9(8)3-5/h2-4H,8H2,1H3/q+1. The Morgan fingerprint density at radius 3 is 2.67 bits per heavy atom. The summed E-state index contributed by atoms with van der Waals surface area (Å²) >= 11 is 0. The molecule has 2 N–H and O–H groups in total. The van der Waals surface area contributed by atoms with E-state index in [2.05, 4.69) is 0 Å². The zero-order valence-corrected chi connectivity index (χ0v) is 5.13. The van der Waals surface area contributed by atoms with Crippen LogP contribution in [0.25, 0.3) is 0 Å². The number of rotatable bonds is 0. The molecule has 3 heteroatoms. The van der Waals surface area contributed by atoms with Crippen LogP contribution in [0.15, 0.2) is 18.5 Å². The first-order valence-electron chi connectivity index (χ1n) is 2.62. The molecule has 48 valence electrons. The van der Waals surface area contributed by atoms with E-state index in [1.165, 1.54) is 16.9 Å². The Morgan fingerprint density at radius 2 is 2.22 bits per heavy atom. The number of aryl methyl sites for hydroxylation is 1. The molecule has 0 aliphatic rings. The Labute approximate surface area is 52.7 Å². The molecule has 0 aliphatic heterocycles. The number of pyridine rings is 1. The summed E-state index contributed by atoms with van der Waals surface area (Å²) < 4.78 is 13.5. The third-order valence-electron chi connectivity index (χ3n) is 0.991. The Balaban J connectivity index is 3.17. The maximum Gasteiger partial charge on any atom is 0.234 e. The average Bonchev–Trinajstić information content (AvgIpc) is 1.59. The predicted molar refractivity (Wildman–Crippen MR) is 31.5 cm³/mol. The highest BCUT2D eigenvalue weighted by molar-refractivity contribution is 5.03. The second kappa shape index (κ2) is 2.01. The molecular formula is C6H8FN2+. The van der Waals surface area contributed by atoms with Gasteiger partial charge < -0.3 is 0 Å². The number of nitrogens with zero attached hydrogens (tertiary/aromatic N) is 1. The van der Waals surface area contributed by atoms with Crippen molar-refractivity contribution in [3.8, 4) is 0 Å². The molecule has 0 radical (unpaired) electrons. The summed E-state index contributed by atoms with van der Waals surface area (Å²) in [5.74, 6) is 4.93. The van der Waals surface area contributed by atoms with Crippen molar-refractivity contribution in [3.05, 3.63) is 29.8 Å². The van der Waals surface area contributed by atoms with Crippen LogP contribution >= 0.6 is 0 Å². The molecule has 0 aliphatic carbocycles. The fourth-order valence-corrected chi connectivity index (χ4v) is 0.707. The van der Waals surface area contributed by atoms with Gasteiger partial charge in [-0.3, -0.25) is 0 Å². The van der Waals surface area contributed by atoms with Gasteiger partial charge in [0.15, 0.2) is 5.82 Å². The Hall–Kier alpha value is -1.12. The lowest BCUT2D eigenvalue weighted by molar-refractivity contribution is -0.640. The van der Waals surface area contributed by atoms with Crippen molar-refractivity contribution in [1.29, 1.82) is 0 Å². The molecule has 1 rings (SSSR count). The molecule has 1 aromatic heterocycles. The van der Waals surface area contributed by atoms with Gasteiger partial charge in [0.25, 0.3) is 0 Å². The van der Waals surface area contributed by atoms with Crippen LogP contribution in [0.3, 0.4) is 0 Å². The SMILES string of the molecule is Cc1cc(F)c[n+](N)c1. The summed E-state index contributed by atoms with van der Waals surface area (Å²) in [6.07, 6.45) is 2.86. The first-order chi connectivity index (χ1) is 4.18. The minimum absolute atomic E-state index is 0.308. The summed E-state index contributed by atoms with van der Waals surface area (Å²) in [5.41, 5.74) is 0.817. The Morgan fingerprint density at radius 1 is 1.56 bits per heavy atom. The minimum Gasteiger partial charge on any atom is -0.205 e. The molecule has 0 saturated carbocycles. The molecule has 2 nitrogen and oxygen atoms in total. The van der Waals surface area contributed by atoms with E-state index in [-0.39, 0.29) is 5.82 Å². The molecule has 0 aromatic carbocycles. The second-order valence-corrected chi connectivity index (χ2v) is 1.98. The fraction of sp³-hybridized carbons (Fsp3) is 0.167. The molecular weight excluding hydrogens is 119 g/mol. The highest BCUT2D eigenvalue weighted by Crippen LogP contribution is 1.94. The molecule has 0 saturated heterocycles. The molecule has 0 unspecified atom stereocenters. The maximum atomic E-state index is 12.3. The van der Waals surface area contributed by atoms with Crippen molar-refractivity contribution in [3.63, 3.8) is 0 Å². The number of nitrogens with two attached hydrogens (primary N) is 1. The van der Waals surface area contributed by atoms with Crippen molar-refractivity contribution in [1.82, 2.24) is 0 Å². The molecule has 0 amide bonds. The van der Waals surface area contributed by atoms with Gasteiger partial charge in [-0.1, -0.05) is 4.68 Å². The predicted octanol–water partition coefficient (Wildman–Crippen LogP) is 0.135. The maximum absolute atomic E-state index is 12.3. The smallest absolute Gasteiger partial charge is 0.205 e. The number of aromatic nitrogens is 1. The van der Waals surface area contributed by atoms with Gasteiger partial charge in [0.1, 0.15) is 0 Å². The quantitative estimate of drug-likeness (QED) is 0.390. The highest BCUT2D eigenvalue weighted by atomic mass is 19.1. The van der Waals surface area contributed by atoms with Gasteiger partial charge in [0.05, 0.1) is 0 Å². The number of hydrogen-bond acceptors (Lipinski definition) is 1. The highest BCUT2D eigenvalue weighted by Gasteiger charge is 1.98. The second-order valence-electron chi connectivity index (χ2n) is 1.98. The summed E-state index contributed by atoms with van der Waals surface area (Å²) in [6, 6.07) is 1.42. The molecule has 0 fully saturated rings. The van der Waals surface area contributed by atoms with E-state index >= 15 is 0 Å². The van der Waals surface area contributed by atoms with Crippen molar-refractivity contribution in [2.24, 2.45) is 0 Å². The lowest BCUT2D eigenvalue weighted by Gasteiger charge is -1.87. The van der Waals surface area contributed by atoms with E-state index in [9.17, 15) is 4.39 Å². The van der Waals surface area contributed by atoms with Crippen LogP contribution in [0.2, 0.25) is 0 Å². The number of nitrogen functional groups attached to an aromatic ring is 1. The van der Waals surface area contributed by atoms with Crippen molar-refractivity contribution < 1.29 is 9.07 Å². The molecule has 9 heavy (non-hydrogen) atoms. The monoisotopic (exact) mass is 127 g/mol. The molecule has 1 heterocycles. The zero-order valence-electron chi connectivity index (χ0n) is 5.13. The van der Waals surface area contributed by atoms with Crippen LogP contribution in [0, 0.1) is 12.7 Å². The minimum atomic E-state index is -0.308. The van der Waals surface area contributed by atoms with E-state index in [0.717, 1.165) is 5.56 Å². The van der Waals surface area contributed by atoms with Gasteiger partial charge in [0, 0.05) is 5.56 Å². The van der Waals surface area contributed by atoms with E-state index in [4.69, 9.17) is 5.84 Å². The molecule has 1 aromatic rings. The summed E-state index contributed by atoms with van der Waals surface area (Å²) in [5, 5.41) is 0. The Kier molecular flexibility index (Phi) is 1.34. The fourth-order valence-electron chi connectivity index (χ4n) is 0.707. The van der Waals surface area contributed by atoms with E-state index in [1.807, 2.05) is 0 Å². The topological polar surface area (TPSA) is 29.9 Å².